The summed E-state index contributed by atoms with van der Waals surface area (Å²) in [5, 5.41) is 3.34. The molecule has 0 saturated carbocycles. The quantitative estimate of drug-likeness (QED) is 0.837. The first-order valence-electron chi connectivity index (χ1n) is 6.52. The van der Waals surface area contributed by atoms with E-state index in [2.05, 4.69) is 53.7 Å². The van der Waals surface area contributed by atoms with Crippen LogP contribution in [0.4, 0.5) is 5.82 Å². The first-order valence-corrected chi connectivity index (χ1v) is 7.60. The molecule has 0 amide bonds. The average molecular weight is 361 g/mol. The highest BCUT2D eigenvalue weighted by atomic mass is 127. The number of aromatic nitrogens is 2. The summed E-state index contributed by atoms with van der Waals surface area (Å²) in [6.07, 6.45) is 1.03. The first kappa shape index (κ1) is 14.0. The van der Waals surface area contributed by atoms with E-state index in [-0.39, 0.29) is 0 Å². The minimum atomic E-state index is 0.358. The van der Waals surface area contributed by atoms with Crippen molar-refractivity contribution in [1.82, 2.24) is 9.97 Å². The maximum atomic E-state index is 5.44. The summed E-state index contributed by atoms with van der Waals surface area (Å²) in [6, 6.07) is 0. The van der Waals surface area contributed by atoms with Gasteiger partial charge in [0.25, 0.3) is 0 Å². The second-order valence-corrected chi connectivity index (χ2v) is 5.95. The third-order valence-electron chi connectivity index (χ3n) is 3.08. The van der Waals surface area contributed by atoms with E-state index in [1.54, 1.807) is 0 Å². The fourth-order valence-electron chi connectivity index (χ4n) is 2.07. The summed E-state index contributed by atoms with van der Waals surface area (Å²) >= 11 is 2.34. The molecule has 1 N–H and O–H groups in total. The molecule has 1 aliphatic heterocycles. The molecule has 4 nitrogen and oxygen atoms in total. The molecule has 1 fully saturated rings. The van der Waals surface area contributed by atoms with E-state index in [0.29, 0.717) is 11.8 Å². The Hall–Kier alpha value is -0.430. The highest BCUT2D eigenvalue weighted by molar-refractivity contribution is 14.1. The summed E-state index contributed by atoms with van der Waals surface area (Å²) in [5.41, 5.74) is 1.14. The molecule has 100 valence electrons. The zero-order chi connectivity index (χ0) is 13.1. The van der Waals surface area contributed by atoms with Crippen molar-refractivity contribution >= 4 is 28.4 Å². The first-order chi connectivity index (χ1) is 8.63. The van der Waals surface area contributed by atoms with Gasteiger partial charge in [0.15, 0.2) is 0 Å². The molecule has 18 heavy (non-hydrogen) atoms. The van der Waals surface area contributed by atoms with Crippen molar-refractivity contribution < 1.29 is 4.74 Å². The summed E-state index contributed by atoms with van der Waals surface area (Å²) in [6.45, 7) is 8.90. The van der Waals surface area contributed by atoms with E-state index in [4.69, 9.17) is 9.72 Å². The Morgan fingerprint density at radius 1 is 1.44 bits per heavy atom. The lowest BCUT2D eigenvalue weighted by Crippen LogP contribution is -2.13. The zero-order valence-corrected chi connectivity index (χ0v) is 13.3. The molecular formula is C13H20IN3O. The number of ether oxygens (including phenoxy) is 1. The fourth-order valence-corrected chi connectivity index (χ4v) is 3.13. The van der Waals surface area contributed by atoms with E-state index in [1.165, 1.54) is 0 Å². The summed E-state index contributed by atoms with van der Waals surface area (Å²) < 4.78 is 6.59. The largest absolute Gasteiger partial charge is 0.381 e. The standard InChI is InChI=1S/C13H20IN3O/c1-4-15-13-10(14)11(8(2)3)16-12(17-13)9-5-6-18-7-9/h8-9H,4-7H2,1-3H3,(H,15,16,17). The maximum absolute atomic E-state index is 5.44. The minimum Gasteiger partial charge on any atom is -0.381 e. The Morgan fingerprint density at radius 3 is 2.78 bits per heavy atom. The van der Waals surface area contributed by atoms with Crippen LogP contribution in [0.25, 0.3) is 0 Å². The summed E-state index contributed by atoms with van der Waals surface area (Å²) in [7, 11) is 0. The van der Waals surface area contributed by atoms with Crippen LogP contribution in [-0.2, 0) is 4.74 Å². The van der Waals surface area contributed by atoms with Gasteiger partial charge in [-0.1, -0.05) is 13.8 Å². The van der Waals surface area contributed by atoms with Crippen LogP contribution in [0.5, 0.6) is 0 Å². The number of nitrogens with one attached hydrogen (secondary N) is 1. The molecule has 5 heteroatoms. The number of rotatable bonds is 4. The lowest BCUT2D eigenvalue weighted by Gasteiger charge is -2.16. The molecule has 0 bridgehead atoms. The molecule has 1 aliphatic rings. The van der Waals surface area contributed by atoms with Crippen molar-refractivity contribution in [2.75, 3.05) is 25.1 Å². The van der Waals surface area contributed by atoms with E-state index >= 15 is 0 Å². The number of hydrogen-bond donors (Lipinski definition) is 1. The molecule has 1 unspecified atom stereocenters. The Bertz CT molecular complexity index is 417. The van der Waals surface area contributed by atoms with Gasteiger partial charge in [0.05, 0.1) is 15.9 Å². The molecule has 1 atom stereocenters. The molecule has 2 rings (SSSR count). The second kappa shape index (κ2) is 6.14. The van der Waals surface area contributed by atoms with Gasteiger partial charge < -0.3 is 10.1 Å². The van der Waals surface area contributed by atoms with Crippen LogP contribution < -0.4 is 5.32 Å². The minimum absolute atomic E-state index is 0.358. The fraction of sp³-hybridized carbons (Fsp3) is 0.692. The normalized spacial score (nSPS) is 19.5. The van der Waals surface area contributed by atoms with E-state index in [9.17, 15) is 0 Å². The number of nitrogens with zero attached hydrogens (tertiary/aromatic N) is 2. The van der Waals surface area contributed by atoms with Gasteiger partial charge >= 0.3 is 0 Å². The number of halogens is 1. The van der Waals surface area contributed by atoms with Gasteiger partial charge in [-0.05, 0) is 41.9 Å². The molecule has 1 aromatic rings. The smallest absolute Gasteiger partial charge is 0.143 e. The van der Waals surface area contributed by atoms with Crippen LogP contribution in [0.2, 0.25) is 0 Å². The van der Waals surface area contributed by atoms with Crippen LogP contribution in [0, 0.1) is 3.57 Å². The Labute approximate surface area is 122 Å². The number of anilines is 1. The van der Waals surface area contributed by atoms with Crippen molar-refractivity contribution in [2.45, 2.75) is 39.0 Å². The molecule has 0 aromatic carbocycles. The predicted molar refractivity (Wildman–Crippen MR) is 81.2 cm³/mol. The topological polar surface area (TPSA) is 47.0 Å². The van der Waals surface area contributed by atoms with Gasteiger partial charge in [0.1, 0.15) is 11.6 Å². The molecule has 1 saturated heterocycles. The second-order valence-electron chi connectivity index (χ2n) is 4.88. The number of hydrogen-bond acceptors (Lipinski definition) is 4. The van der Waals surface area contributed by atoms with Crippen molar-refractivity contribution in [3.8, 4) is 0 Å². The zero-order valence-electron chi connectivity index (χ0n) is 11.2. The molecule has 0 spiro atoms. The summed E-state index contributed by atoms with van der Waals surface area (Å²) in [4.78, 5) is 9.44. The van der Waals surface area contributed by atoms with Gasteiger partial charge in [-0.15, -0.1) is 0 Å². The van der Waals surface area contributed by atoms with Gasteiger partial charge in [-0.25, -0.2) is 9.97 Å². The Morgan fingerprint density at radius 2 is 2.22 bits per heavy atom. The Balaban J connectivity index is 2.40. The van der Waals surface area contributed by atoms with Gasteiger partial charge in [-0.3, -0.25) is 0 Å². The van der Waals surface area contributed by atoms with E-state index in [1.807, 2.05) is 0 Å². The molecule has 2 heterocycles. The lowest BCUT2D eigenvalue weighted by molar-refractivity contribution is 0.193. The maximum Gasteiger partial charge on any atom is 0.143 e. The van der Waals surface area contributed by atoms with Crippen LogP contribution in [0.3, 0.4) is 0 Å². The van der Waals surface area contributed by atoms with Crippen LogP contribution >= 0.6 is 22.6 Å². The monoisotopic (exact) mass is 361 g/mol. The van der Waals surface area contributed by atoms with Crippen molar-refractivity contribution in [3.63, 3.8) is 0 Å². The van der Waals surface area contributed by atoms with Crippen LogP contribution in [-0.4, -0.2) is 29.7 Å². The average Bonchev–Trinajstić information content (AvgIpc) is 2.85. The highest BCUT2D eigenvalue weighted by Crippen LogP contribution is 2.29. The Kier molecular flexibility index (Phi) is 4.77. The van der Waals surface area contributed by atoms with Gasteiger partial charge in [0, 0.05) is 19.1 Å². The molecular weight excluding hydrogens is 341 g/mol. The van der Waals surface area contributed by atoms with Crippen LogP contribution in [0.15, 0.2) is 0 Å². The summed E-state index contributed by atoms with van der Waals surface area (Å²) in [5.74, 6) is 2.68. The van der Waals surface area contributed by atoms with E-state index < -0.39 is 0 Å². The SMILES string of the molecule is CCNc1nc(C2CCOC2)nc(C(C)C)c1I. The molecule has 0 aliphatic carbocycles. The van der Waals surface area contributed by atoms with Gasteiger partial charge in [-0.2, -0.15) is 0 Å². The molecule has 1 aromatic heterocycles. The third kappa shape index (κ3) is 2.93. The molecule has 0 radical (unpaired) electrons. The lowest BCUT2D eigenvalue weighted by atomic mass is 10.1. The van der Waals surface area contributed by atoms with Crippen molar-refractivity contribution in [3.05, 3.63) is 15.1 Å². The van der Waals surface area contributed by atoms with Gasteiger partial charge in [0.2, 0.25) is 0 Å². The van der Waals surface area contributed by atoms with Crippen molar-refractivity contribution in [2.24, 2.45) is 0 Å². The van der Waals surface area contributed by atoms with Crippen LogP contribution in [0.1, 0.15) is 50.5 Å². The van der Waals surface area contributed by atoms with E-state index in [0.717, 1.165) is 47.1 Å². The third-order valence-corrected chi connectivity index (χ3v) is 4.14. The highest BCUT2D eigenvalue weighted by Gasteiger charge is 2.23. The predicted octanol–water partition coefficient (Wildman–Crippen LogP) is 3.14. The van der Waals surface area contributed by atoms with Crippen molar-refractivity contribution in [1.29, 1.82) is 0 Å².